The van der Waals surface area contributed by atoms with Crippen LogP contribution in [0.5, 0.6) is 5.75 Å². The van der Waals surface area contributed by atoms with Gasteiger partial charge in [-0.2, -0.15) is 8.42 Å². The molecule has 0 spiro atoms. The summed E-state index contributed by atoms with van der Waals surface area (Å²) in [6, 6.07) is 7.09. The van der Waals surface area contributed by atoms with Gasteiger partial charge in [0, 0.05) is 19.7 Å². The first-order valence-corrected chi connectivity index (χ1v) is 9.31. The van der Waals surface area contributed by atoms with Gasteiger partial charge in [-0.1, -0.05) is 11.3 Å². The summed E-state index contributed by atoms with van der Waals surface area (Å²) in [6.07, 6.45) is 1.21. The van der Waals surface area contributed by atoms with Gasteiger partial charge in [-0.15, -0.1) is 26.2 Å². The summed E-state index contributed by atoms with van der Waals surface area (Å²) in [5, 5.41) is 8.12. The number of hydrogen-bond donors (Lipinski definition) is 0. The molecule has 1 heterocycles. The van der Waals surface area contributed by atoms with Gasteiger partial charge >= 0.3 is 10.0 Å². The highest BCUT2D eigenvalue weighted by atomic mass is 35.5. The van der Waals surface area contributed by atoms with E-state index in [-0.39, 0.29) is 4.34 Å². The molecule has 10 heteroatoms. The van der Waals surface area contributed by atoms with Crippen molar-refractivity contribution in [1.82, 2.24) is 15.1 Å². The fraction of sp³-hybridized carbons (Fsp3) is 0.308. The molecule has 0 aliphatic rings. The Hall–Kier alpha value is -1.71. The average Bonchev–Trinajstić information content (AvgIpc) is 3.02. The summed E-state index contributed by atoms with van der Waals surface area (Å²) in [7, 11) is -0.471. The van der Waals surface area contributed by atoms with E-state index < -0.39 is 10.0 Å². The zero-order valence-electron chi connectivity index (χ0n) is 12.5. The van der Waals surface area contributed by atoms with Crippen molar-refractivity contribution < 1.29 is 13.2 Å². The van der Waals surface area contributed by atoms with Crippen LogP contribution in [0.25, 0.3) is 10.6 Å². The zero-order valence-corrected chi connectivity index (χ0v) is 14.9. The number of halogens is 1. The Morgan fingerprint density at radius 1 is 1.30 bits per heavy atom. The number of benzene rings is 1. The Morgan fingerprint density at radius 3 is 2.61 bits per heavy atom. The van der Waals surface area contributed by atoms with Crippen LogP contribution in [0.3, 0.4) is 0 Å². The molecule has 0 aliphatic carbocycles. The second-order valence-electron chi connectivity index (χ2n) is 4.59. The third kappa shape index (κ3) is 4.88. The van der Waals surface area contributed by atoms with Crippen molar-refractivity contribution in [3.63, 3.8) is 0 Å². The van der Waals surface area contributed by atoms with Crippen LogP contribution in [-0.4, -0.2) is 56.4 Å². The van der Waals surface area contributed by atoms with Crippen LogP contribution in [-0.2, 0) is 10.0 Å². The maximum absolute atomic E-state index is 12.0. The highest BCUT2D eigenvalue weighted by Gasteiger charge is 2.19. The van der Waals surface area contributed by atoms with Crippen LogP contribution in [0.1, 0.15) is 0 Å². The van der Waals surface area contributed by atoms with Crippen molar-refractivity contribution in [2.75, 3.05) is 26.6 Å². The molecule has 0 fully saturated rings. The monoisotopic (exact) mass is 374 g/mol. The molecule has 0 saturated heterocycles. The number of sulfonamides is 1. The number of rotatable bonds is 7. The van der Waals surface area contributed by atoms with Gasteiger partial charge in [0.2, 0.25) is 0 Å². The Morgan fingerprint density at radius 2 is 2.00 bits per heavy atom. The third-order valence-electron chi connectivity index (χ3n) is 2.49. The van der Waals surface area contributed by atoms with Crippen LogP contribution < -0.4 is 4.74 Å². The van der Waals surface area contributed by atoms with Gasteiger partial charge in [0.15, 0.2) is 0 Å². The molecule has 1 aromatic carbocycles. The minimum Gasteiger partial charge on any atom is -0.492 e. The third-order valence-corrected chi connectivity index (χ3v) is 5.19. The van der Waals surface area contributed by atoms with Gasteiger partial charge in [0.25, 0.3) is 4.34 Å². The van der Waals surface area contributed by atoms with Crippen molar-refractivity contribution >= 4 is 39.3 Å². The minimum absolute atomic E-state index is 0.145. The number of ether oxygens (including phenoxy) is 1. The number of nitrogens with zero attached hydrogens (tertiary/aromatic N) is 4. The average molecular weight is 375 g/mol. The molecule has 0 amide bonds. The summed E-state index contributed by atoms with van der Waals surface area (Å²) < 4.78 is 32.8. The van der Waals surface area contributed by atoms with Crippen molar-refractivity contribution in [3.05, 3.63) is 24.3 Å². The van der Waals surface area contributed by atoms with Crippen molar-refractivity contribution in [2.45, 2.75) is 4.34 Å². The fourth-order valence-corrected chi connectivity index (χ4v) is 3.48. The second kappa shape index (κ2) is 7.71. The summed E-state index contributed by atoms with van der Waals surface area (Å²) >= 11 is 6.52. The highest BCUT2D eigenvalue weighted by molar-refractivity contribution is 7.92. The molecule has 0 aliphatic heterocycles. The van der Waals surface area contributed by atoms with Crippen LogP contribution in [0, 0.1) is 0 Å². The van der Waals surface area contributed by atoms with Gasteiger partial charge in [-0.05, 0) is 24.3 Å². The lowest BCUT2D eigenvalue weighted by Gasteiger charge is -2.03. The Labute approximate surface area is 143 Å². The van der Waals surface area contributed by atoms with Crippen molar-refractivity contribution in [1.29, 1.82) is 0 Å². The van der Waals surface area contributed by atoms with Gasteiger partial charge in [0.1, 0.15) is 23.7 Å². The predicted octanol–water partition coefficient (Wildman–Crippen LogP) is 2.10. The van der Waals surface area contributed by atoms with E-state index >= 15 is 0 Å². The topological polar surface area (TPSA) is 84.8 Å². The molecule has 23 heavy (non-hydrogen) atoms. The second-order valence-corrected chi connectivity index (χ2v) is 7.76. The molecule has 0 atom stereocenters. The summed E-state index contributed by atoms with van der Waals surface area (Å²) in [5.74, 6) is 1.09. The maximum Gasteiger partial charge on any atom is 0.312 e. The van der Waals surface area contributed by atoms with Crippen molar-refractivity contribution in [3.8, 4) is 16.3 Å². The maximum atomic E-state index is 12.0. The minimum atomic E-state index is -3.83. The quantitative estimate of drug-likeness (QED) is 0.419. The lowest BCUT2D eigenvalue weighted by atomic mass is 10.2. The molecule has 7 nitrogen and oxygen atoms in total. The first-order valence-electron chi connectivity index (χ1n) is 6.52. The van der Waals surface area contributed by atoms with Gasteiger partial charge < -0.3 is 9.64 Å². The Balaban J connectivity index is 2.19. The molecule has 2 aromatic rings. The van der Waals surface area contributed by atoms with Crippen LogP contribution in [0.4, 0.5) is 0 Å². The van der Waals surface area contributed by atoms with Gasteiger partial charge in [-0.3, -0.25) is 0 Å². The van der Waals surface area contributed by atoms with E-state index in [2.05, 4.69) is 14.6 Å². The summed E-state index contributed by atoms with van der Waals surface area (Å²) in [6.45, 7) is 0.423. The molecular weight excluding hydrogens is 360 g/mol. The molecule has 124 valence electrons. The van der Waals surface area contributed by atoms with E-state index in [0.717, 1.165) is 16.9 Å². The normalized spacial score (nSPS) is 11.8. The van der Waals surface area contributed by atoms with Crippen molar-refractivity contribution in [2.24, 2.45) is 4.40 Å². The molecule has 0 saturated carbocycles. The summed E-state index contributed by atoms with van der Waals surface area (Å²) in [5.41, 5.74) is 0.749. The fourth-order valence-electron chi connectivity index (χ4n) is 1.48. The molecule has 0 bridgehead atoms. The predicted molar refractivity (Wildman–Crippen MR) is 90.9 cm³/mol. The number of hydrogen-bond acceptors (Lipinski definition) is 6. The molecule has 2 rings (SSSR count). The zero-order chi connectivity index (χ0) is 16.9. The van der Waals surface area contributed by atoms with E-state index in [1.165, 1.54) is 11.2 Å². The van der Waals surface area contributed by atoms with Crippen LogP contribution >= 0.6 is 22.9 Å². The van der Waals surface area contributed by atoms with Crippen LogP contribution in [0.15, 0.2) is 33.0 Å². The molecule has 0 N–H and O–H groups in total. The molecule has 0 unspecified atom stereocenters. The van der Waals surface area contributed by atoms with E-state index in [0.29, 0.717) is 23.2 Å². The molecule has 1 aromatic heterocycles. The standard InChI is InChI=1S/C13H15ClN4O3S2/c1-18(2)9-15-23(19,20)13-17-16-12(22-13)10-3-5-11(6-4-10)21-8-7-14/h3-6,9H,7-8H2,1-2H3. The van der Waals surface area contributed by atoms with E-state index in [4.69, 9.17) is 16.3 Å². The summed E-state index contributed by atoms with van der Waals surface area (Å²) in [4.78, 5) is 1.53. The number of alkyl halides is 1. The SMILES string of the molecule is CN(C)C=NS(=O)(=O)c1nnc(-c2ccc(OCCCl)cc2)s1. The Bertz CT molecular complexity index is 773. The van der Waals surface area contributed by atoms with E-state index in [1.807, 2.05) is 0 Å². The molecule has 0 radical (unpaired) electrons. The lowest BCUT2D eigenvalue weighted by molar-refractivity contribution is 0.343. The Kier molecular flexibility index (Phi) is 5.91. The van der Waals surface area contributed by atoms with E-state index in [1.54, 1.807) is 38.4 Å². The van der Waals surface area contributed by atoms with Gasteiger partial charge in [-0.25, -0.2) is 0 Å². The molecular formula is C13H15ClN4O3S2. The van der Waals surface area contributed by atoms with Gasteiger partial charge in [0.05, 0.1) is 5.88 Å². The first kappa shape index (κ1) is 17.6. The lowest BCUT2D eigenvalue weighted by Crippen LogP contribution is -2.10. The first-order chi connectivity index (χ1) is 10.9. The largest absolute Gasteiger partial charge is 0.492 e. The van der Waals surface area contributed by atoms with Crippen LogP contribution in [0.2, 0.25) is 0 Å². The number of aromatic nitrogens is 2. The smallest absolute Gasteiger partial charge is 0.312 e. The highest BCUT2D eigenvalue weighted by Crippen LogP contribution is 2.28. The van der Waals surface area contributed by atoms with E-state index in [9.17, 15) is 8.42 Å².